The van der Waals surface area contributed by atoms with Crippen molar-refractivity contribution in [1.82, 2.24) is 0 Å². The molecule has 1 aromatic carbocycles. The van der Waals surface area contributed by atoms with Crippen molar-refractivity contribution in [3.8, 4) is 0 Å². The molecule has 0 aromatic heterocycles. The second-order valence-electron chi connectivity index (χ2n) is 3.81. The Kier molecular flexibility index (Phi) is 2.40. The fourth-order valence-electron chi connectivity index (χ4n) is 1.68. The van der Waals surface area contributed by atoms with Gasteiger partial charge in [0.2, 0.25) is 0 Å². The first-order valence-electron chi connectivity index (χ1n) is 4.75. The summed E-state index contributed by atoms with van der Waals surface area (Å²) < 4.78 is 0. The lowest BCUT2D eigenvalue weighted by Gasteiger charge is -2.29. The highest BCUT2D eigenvalue weighted by Gasteiger charge is 2.29. The lowest BCUT2D eigenvalue weighted by Crippen LogP contribution is -2.28. The number of rotatable bonds is 1. The Morgan fingerprint density at radius 2 is 1.93 bits per heavy atom. The molecule has 1 atom stereocenters. The maximum absolute atomic E-state index is 5.35. The van der Waals surface area contributed by atoms with Crippen LogP contribution in [0.4, 0.5) is 0 Å². The fourth-order valence-corrected chi connectivity index (χ4v) is 1.68. The summed E-state index contributed by atoms with van der Waals surface area (Å²) in [5.74, 6) is 0. The van der Waals surface area contributed by atoms with Gasteiger partial charge in [0.25, 0.3) is 0 Å². The predicted octanol–water partition coefficient (Wildman–Crippen LogP) is 2.81. The predicted molar refractivity (Wildman–Crippen MR) is 54.6 cm³/mol. The second-order valence-corrected chi connectivity index (χ2v) is 3.81. The molecule has 2 rings (SSSR count). The first-order valence-corrected chi connectivity index (χ1v) is 4.75. The van der Waals surface area contributed by atoms with Crippen LogP contribution in [-0.2, 0) is 15.4 Å². The maximum Gasteiger partial charge on any atom is 0.144 e. The maximum atomic E-state index is 5.35. The van der Waals surface area contributed by atoms with Gasteiger partial charge in [0.1, 0.15) is 12.2 Å². The Bertz CT molecular complexity index is 343. The third-order valence-electron chi connectivity index (χ3n) is 2.39. The average molecular weight is 190 g/mol. The third-order valence-corrected chi connectivity index (χ3v) is 2.39. The van der Waals surface area contributed by atoms with E-state index in [0.29, 0.717) is 6.61 Å². The number of hydrogen-bond donors (Lipinski definition) is 0. The van der Waals surface area contributed by atoms with E-state index in [0.717, 1.165) is 5.56 Å². The Balaban J connectivity index is 2.37. The van der Waals surface area contributed by atoms with E-state index in [1.807, 2.05) is 44.2 Å². The first kappa shape index (κ1) is 9.44. The summed E-state index contributed by atoms with van der Waals surface area (Å²) in [6.45, 7) is 4.61. The second kappa shape index (κ2) is 3.56. The number of benzene rings is 1. The van der Waals surface area contributed by atoms with Crippen molar-refractivity contribution in [2.45, 2.75) is 19.4 Å². The van der Waals surface area contributed by atoms with Gasteiger partial charge in [0.05, 0.1) is 0 Å². The zero-order valence-electron chi connectivity index (χ0n) is 8.49. The van der Waals surface area contributed by atoms with Crippen LogP contribution >= 0.6 is 0 Å². The Morgan fingerprint density at radius 1 is 1.21 bits per heavy atom. The minimum atomic E-state index is -0.441. The molecule has 0 spiro atoms. The van der Waals surface area contributed by atoms with Gasteiger partial charge in [-0.1, -0.05) is 30.3 Å². The van der Waals surface area contributed by atoms with E-state index in [1.54, 1.807) is 0 Å². The van der Waals surface area contributed by atoms with Crippen LogP contribution in [0.3, 0.4) is 0 Å². The normalized spacial score (nSPS) is 27.1. The van der Waals surface area contributed by atoms with E-state index >= 15 is 0 Å². The van der Waals surface area contributed by atoms with Gasteiger partial charge in [-0.2, -0.15) is 0 Å². The van der Waals surface area contributed by atoms with E-state index in [1.165, 1.54) is 5.57 Å². The van der Waals surface area contributed by atoms with E-state index in [9.17, 15) is 0 Å². The lowest BCUT2D eigenvalue weighted by molar-refractivity contribution is -0.352. The quantitative estimate of drug-likeness (QED) is 0.500. The SMILES string of the molecule is CC1=C[C@@](C)(c2ccccc2)OOC1. The molecule has 0 saturated carbocycles. The van der Waals surface area contributed by atoms with Crippen LogP contribution in [0, 0.1) is 0 Å². The van der Waals surface area contributed by atoms with Crippen molar-refractivity contribution in [2.24, 2.45) is 0 Å². The standard InChI is InChI=1S/C12H14O2/c1-10-8-12(2,14-13-9-10)11-6-4-3-5-7-11/h3-8H,9H2,1-2H3/t12-/m0/s1. The molecule has 14 heavy (non-hydrogen) atoms. The largest absolute Gasteiger partial charge is 0.231 e. The molecule has 74 valence electrons. The highest BCUT2D eigenvalue weighted by Crippen LogP contribution is 2.31. The van der Waals surface area contributed by atoms with Gasteiger partial charge in [0, 0.05) is 0 Å². The van der Waals surface area contributed by atoms with Crippen LogP contribution in [0.5, 0.6) is 0 Å². The molecule has 0 unspecified atom stereocenters. The van der Waals surface area contributed by atoms with Gasteiger partial charge in [-0.05, 0) is 31.1 Å². The van der Waals surface area contributed by atoms with Crippen molar-refractivity contribution in [3.05, 3.63) is 47.5 Å². The summed E-state index contributed by atoms with van der Waals surface area (Å²) in [6, 6.07) is 10.1. The van der Waals surface area contributed by atoms with Crippen molar-refractivity contribution in [2.75, 3.05) is 6.61 Å². The summed E-state index contributed by atoms with van der Waals surface area (Å²) in [6.07, 6.45) is 2.10. The molecule has 0 N–H and O–H groups in total. The topological polar surface area (TPSA) is 18.5 Å². The van der Waals surface area contributed by atoms with Gasteiger partial charge in [-0.15, -0.1) is 0 Å². The fraction of sp³-hybridized carbons (Fsp3) is 0.333. The molecule has 1 heterocycles. The van der Waals surface area contributed by atoms with Crippen LogP contribution in [0.25, 0.3) is 0 Å². The molecule has 0 aliphatic carbocycles. The third kappa shape index (κ3) is 1.72. The zero-order valence-corrected chi connectivity index (χ0v) is 8.49. The molecule has 0 radical (unpaired) electrons. The van der Waals surface area contributed by atoms with Crippen LogP contribution < -0.4 is 0 Å². The van der Waals surface area contributed by atoms with E-state index in [4.69, 9.17) is 9.78 Å². The molecule has 0 saturated heterocycles. The van der Waals surface area contributed by atoms with Gasteiger partial charge < -0.3 is 0 Å². The molecule has 0 fully saturated rings. The van der Waals surface area contributed by atoms with Gasteiger partial charge in [-0.3, -0.25) is 0 Å². The van der Waals surface area contributed by atoms with E-state index in [-0.39, 0.29) is 0 Å². The van der Waals surface area contributed by atoms with Crippen LogP contribution in [0.15, 0.2) is 42.0 Å². The van der Waals surface area contributed by atoms with Gasteiger partial charge >= 0.3 is 0 Å². The molecular weight excluding hydrogens is 176 g/mol. The lowest BCUT2D eigenvalue weighted by atomic mass is 9.93. The van der Waals surface area contributed by atoms with Crippen LogP contribution in [-0.4, -0.2) is 6.61 Å². The highest BCUT2D eigenvalue weighted by atomic mass is 17.2. The smallest absolute Gasteiger partial charge is 0.144 e. The zero-order chi connectivity index (χ0) is 10.0. The molecule has 0 bridgehead atoms. The van der Waals surface area contributed by atoms with E-state index in [2.05, 4.69) is 6.08 Å². The summed E-state index contributed by atoms with van der Waals surface area (Å²) in [7, 11) is 0. The summed E-state index contributed by atoms with van der Waals surface area (Å²) in [5, 5.41) is 0. The molecular formula is C12H14O2. The van der Waals surface area contributed by atoms with Crippen molar-refractivity contribution >= 4 is 0 Å². The summed E-state index contributed by atoms with van der Waals surface area (Å²) >= 11 is 0. The molecule has 2 nitrogen and oxygen atoms in total. The monoisotopic (exact) mass is 190 g/mol. The molecule has 1 aliphatic heterocycles. The van der Waals surface area contributed by atoms with Crippen LogP contribution in [0.1, 0.15) is 19.4 Å². The minimum Gasteiger partial charge on any atom is -0.231 e. The Labute approximate surface area is 84.1 Å². The van der Waals surface area contributed by atoms with Crippen molar-refractivity contribution in [3.63, 3.8) is 0 Å². The van der Waals surface area contributed by atoms with E-state index < -0.39 is 5.60 Å². The van der Waals surface area contributed by atoms with Crippen molar-refractivity contribution < 1.29 is 9.78 Å². The highest BCUT2D eigenvalue weighted by molar-refractivity contribution is 5.28. The van der Waals surface area contributed by atoms with Crippen molar-refractivity contribution in [1.29, 1.82) is 0 Å². The Morgan fingerprint density at radius 3 is 2.57 bits per heavy atom. The first-order chi connectivity index (χ1) is 6.71. The Hall–Kier alpha value is -1.12. The summed E-state index contributed by atoms with van der Waals surface area (Å²) in [5.41, 5.74) is 1.87. The molecule has 1 aliphatic rings. The number of hydrogen-bond acceptors (Lipinski definition) is 2. The average Bonchev–Trinajstić information content (AvgIpc) is 2.19. The van der Waals surface area contributed by atoms with Gasteiger partial charge in [-0.25, -0.2) is 9.78 Å². The molecule has 2 heteroatoms. The summed E-state index contributed by atoms with van der Waals surface area (Å²) in [4.78, 5) is 10.4. The minimum absolute atomic E-state index is 0.441. The van der Waals surface area contributed by atoms with Gasteiger partial charge in [0.15, 0.2) is 0 Å². The van der Waals surface area contributed by atoms with Crippen LogP contribution in [0.2, 0.25) is 0 Å². The molecule has 1 aromatic rings. The molecule has 0 amide bonds.